The number of aromatic nitrogens is 2. The smallest absolute Gasteiger partial charge is 0.307 e. The summed E-state index contributed by atoms with van der Waals surface area (Å²) in [6.45, 7) is 0.288. The lowest BCUT2D eigenvalue weighted by Crippen LogP contribution is -2.39. The fourth-order valence-electron chi connectivity index (χ4n) is 3.61. The molecule has 2 aromatic heterocycles. The molecule has 0 saturated heterocycles. The molecule has 150 valence electrons. The van der Waals surface area contributed by atoms with Gasteiger partial charge in [-0.25, -0.2) is 17.8 Å². The average molecular weight is 415 g/mol. The molecule has 0 saturated carbocycles. The monoisotopic (exact) mass is 415 g/mol. The fourth-order valence-corrected chi connectivity index (χ4v) is 4.92. The summed E-state index contributed by atoms with van der Waals surface area (Å²) in [5.41, 5.74) is 1.98. The molecule has 9 heteroatoms. The van der Waals surface area contributed by atoms with Crippen LogP contribution in [0.15, 0.2) is 53.6 Å². The van der Waals surface area contributed by atoms with Crippen LogP contribution in [0.3, 0.4) is 0 Å². The molecule has 0 amide bonds. The molecule has 0 unspecified atom stereocenters. The standard InChI is InChI=1S/C20H18FN3O4S/c1-23(29(27,28)15-7-4-13(21)5-8-15)14-6-9-18-17(11-19(25)26)16-3-2-10-22-20(16)24(18)12-14/h2-10,14H,11-12H2,1H3,(H,25,26)/t14-/m1/s1. The molecule has 1 aromatic carbocycles. The highest BCUT2D eigenvalue weighted by Crippen LogP contribution is 2.31. The lowest BCUT2D eigenvalue weighted by atomic mass is 10.1. The normalized spacial score (nSPS) is 16.3. The van der Waals surface area contributed by atoms with Crippen molar-refractivity contribution in [3.05, 3.63) is 65.7 Å². The van der Waals surface area contributed by atoms with Gasteiger partial charge in [-0.15, -0.1) is 0 Å². The Balaban J connectivity index is 1.72. The molecule has 0 spiro atoms. The van der Waals surface area contributed by atoms with Crippen molar-refractivity contribution in [3.63, 3.8) is 0 Å². The quantitative estimate of drug-likeness (QED) is 0.691. The Labute approximate surface area is 166 Å². The maximum atomic E-state index is 13.2. The van der Waals surface area contributed by atoms with Crippen molar-refractivity contribution < 1.29 is 22.7 Å². The number of nitrogens with zero attached hydrogens (tertiary/aromatic N) is 3. The first-order valence-electron chi connectivity index (χ1n) is 8.88. The van der Waals surface area contributed by atoms with Crippen LogP contribution < -0.4 is 0 Å². The van der Waals surface area contributed by atoms with Gasteiger partial charge in [0.1, 0.15) is 11.5 Å². The number of likely N-dealkylation sites (N-methyl/N-ethyl adjacent to an activating group) is 1. The van der Waals surface area contributed by atoms with E-state index in [9.17, 15) is 22.7 Å². The summed E-state index contributed by atoms with van der Waals surface area (Å²) in [7, 11) is -2.37. The van der Waals surface area contributed by atoms with Crippen LogP contribution in [0.5, 0.6) is 0 Å². The number of hydrogen-bond donors (Lipinski definition) is 1. The van der Waals surface area contributed by atoms with Gasteiger partial charge in [0.25, 0.3) is 0 Å². The second kappa shape index (κ2) is 7.09. The maximum absolute atomic E-state index is 13.2. The van der Waals surface area contributed by atoms with E-state index in [1.165, 1.54) is 23.5 Å². The van der Waals surface area contributed by atoms with E-state index in [2.05, 4.69) is 4.98 Å². The number of halogens is 1. The molecule has 0 aliphatic carbocycles. The van der Waals surface area contributed by atoms with Crippen molar-refractivity contribution in [2.45, 2.75) is 23.9 Å². The number of aliphatic carboxylic acids is 1. The highest BCUT2D eigenvalue weighted by molar-refractivity contribution is 7.89. The lowest BCUT2D eigenvalue weighted by Gasteiger charge is -2.28. The van der Waals surface area contributed by atoms with Crippen molar-refractivity contribution >= 4 is 33.1 Å². The van der Waals surface area contributed by atoms with Crippen LogP contribution in [0.2, 0.25) is 0 Å². The molecule has 0 bridgehead atoms. The predicted octanol–water partition coefficient (Wildman–Crippen LogP) is 2.52. The highest BCUT2D eigenvalue weighted by Gasteiger charge is 2.31. The Morgan fingerprint density at radius 2 is 2.03 bits per heavy atom. The van der Waals surface area contributed by atoms with Gasteiger partial charge in [-0.2, -0.15) is 4.31 Å². The van der Waals surface area contributed by atoms with Crippen LogP contribution >= 0.6 is 0 Å². The minimum atomic E-state index is -3.84. The Morgan fingerprint density at radius 1 is 1.31 bits per heavy atom. The van der Waals surface area contributed by atoms with Crippen LogP contribution in [0.25, 0.3) is 17.1 Å². The molecule has 1 aliphatic heterocycles. The van der Waals surface area contributed by atoms with Gasteiger partial charge < -0.3 is 9.67 Å². The first-order valence-corrected chi connectivity index (χ1v) is 10.3. The van der Waals surface area contributed by atoms with E-state index in [4.69, 9.17) is 0 Å². The molecule has 0 radical (unpaired) electrons. The number of carbonyl (C=O) groups is 1. The van der Waals surface area contributed by atoms with Crippen molar-refractivity contribution in [1.29, 1.82) is 0 Å². The number of fused-ring (bicyclic) bond motifs is 3. The van der Waals surface area contributed by atoms with Crippen molar-refractivity contribution in [1.82, 2.24) is 13.9 Å². The van der Waals surface area contributed by atoms with Crippen molar-refractivity contribution in [2.24, 2.45) is 0 Å². The van der Waals surface area contributed by atoms with E-state index in [1.807, 2.05) is 10.6 Å². The predicted molar refractivity (Wildman–Crippen MR) is 105 cm³/mol. The molecular formula is C20H18FN3O4S. The van der Waals surface area contributed by atoms with E-state index in [0.29, 0.717) is 16.9 Å². The summed E-state index contributed by atoms with van der Waals surface area (Å²) < 4.78 is 42.1. The van der Waals surface area contributed by atoms with Gasteiger partial charge in [0, 0.05) is 30.9 Å². The molecule has 7 nitrogen and oxygen atoms in total. The first kappa shape index (κ1) is 19.3. The molecule has 29 heavy (non-hydrogen) atoms. The number of hydrogen-bond acceptors (Lipinski definition) is 4. The SMILES string of the molecule is CN([C@@H]1C=Cc2c(CC(=O)O)c3cccnc3n2C1)S(=O)(=O)c1ccc(F)cc1. The summed E-state index contributed by atoms with van der Waals surface area (Å²) in [6.07, 6.45) is 4.95. The molecule has 1 N–H and O–H groups in total. The molecule has 3 aromatic rings. The molecule has 1 atom stereocenters. The first-order chi connectivity index (χ1) is 13.8. The van der Waals surface area contributed by atoms with Gasteiger partial charge in [0.05, 0.1) is 17.4 Å². The van der Waals surface area contributed by atoms with E-state index in [-0.39, 0.29) is 17.9 Å². The molecule has 4 rings (SSSR count). The van der Waals surface area contributed by atoms with Crippen LogP contribution in [-0.2, 0) is 27.8 Å². The topological polar surface area (TPSA) is 92.5 Å². The van der Waals surface area contributed by atoms with Crippen LogP contribution in [0, 0.1) is 5.82 Å². The number of pyridine rings is 1. The number of carboxylic acid groups (broad SMARTS) is 1. The molecule has 3 heterocycles. The largest absolute Gasteiger partial charge is 0.481 e. The van der Waals surface area contributed by atoms with E-state index < -0.39 is 27.9 Å². The zero-order valence-electron chi connectivity index (χ0n) is 15.5. The molecule has 1 aliphatic rings. The van der Waals surface area contributed by atoms with E-state index in [0.717, 1.165) is 17.5 Å². The number of sulfonamides is 1. The number of rotatable bonds is 5. The van der Waals surface area contributed by atoms with Crippen LogP contribution in [0.1, 0.15) is 11.3 Å². The minimum Gasteiger partial charge on any atom is -0.481 e. The van der Waals surface area contributed by atoms with Gasteiger partial charge in [-0.05, 0) is 48.0 Å². The van der Waals surface area contributed by atoms with Crippen molar-refractivity contribution in [2.75, 3.05) is 7.05 Å². The Hall–Kier alpha value is -3.04. The summed E-state index contributed by atoms with van der Waals surface area (Å²) in [4.78, 5) is 15.7. The Morgan fingerprint density at radius 3 is 2.72 bits per heavy atom. The van der Waals surface area contributed by atoms with Gasteiger partial charge >= 0.3 is 5.97 Å². The molecular weight excluding hydrogens is 397 g/mol. The van der Waals surface area contributed by atoms with E-state index >= 15 is 0 Å². The minimum absolute atomic E-state index is 0.00246. The van der Waals surface area contributed by atoms with Gasteiger partial charge in [0.2, 0.25) is 10.0 Å². The molecule has 0 fully saturated rings. The maximum Gasteiger partial charge on any atom is 0.307 e. The second-order valence-electron chi connectivity index (χ2n) is 6.82. The lowest BCUT2D eigenvalue weighted by molar-refractivity contribution is -0.136. The van der Waals surface area contributed by atoms with E-state index in [1.54, 1.807) is 24.4 Å². The third-order valence-corrected chi connectivity index (χ3v) is 7.00. The highest BCUT2D eigenvalue weighted by atomic mass is 32.2. The van der Waals surface area contributed by atoms with Gasteiger partial charge in [0.15, 0.2) is 0 Å². The third-order valence-electron chi connectivity index (χ3n) is 5.10. The van der Waals surface area contributed by atoms with Gasteiger partial charge in [-0.1, -0.05) is 6.08 Å². The second-order valence-corrected chi connectivity index (χ2v) is 8.82. The van der Waals surface area contributed by atoms with Crippen LogP contribution in [-0.4, -0.2) is 46.4 Å². The zero-order valence-corrected chi connectivity index (χ0v) is 16.3. The number of benzene rings is 1. The third kappa shape index (κ3) is 3.32. The zero-order chi connectivity index (χ0) is 20.8. The summed E-state index contributed by atoms with van der Waals surface area (Å²) in [6, 6.07) is 7.73. The number of carboxylic acids is 1. The van der Waals surface area contributed by atoms with Gasteiger partial charge in [-0.3, -0.25) is 4.79 Å². The Bertz CT molecular complexity index is 1230. The average Bonchev–Trinajstić information content (AvgIpc) is 3.00. The van der Waals surface area contributed by atoms with Crippen LogP contribution in [0.4, 0.5) is 4.39 Å². The summed E-state index contributed by atoms with van der Waals surface area (Å²) in [5.74, 6) is -1.46. The Kier molecular flexibility index (Phi) is 4.71. The summed E-state index contributed by atoms with van der Waals surface area (Å²) >= 11 is 0. The summed E-state index contributed by atoms with van der Waals surface area (Å²) in [5, 5.41) is 10.0. The van der Waals surface area contributed by atoms with Crippen molar-refractivity contribution in [3.8, 4) is 0 Å². The fraction of sp³-hybridized carbons (Fsp3) is 0.200.